The van der Waals surface area contributed by atoms with Crippen molar-refractivity contribution in [2.75, 3.05) is 24.1 Å². The molecule has 1 aromatic heterocycles. The van der Waals surface area contributed by atoms with Crippen LogP contribution < -0.4 is 16.4 Å². The van der Waals surface area contributed by atoms with Crippen LogP contribution in [0.1, 0.15) is 10.4 Å². The van der Waals surface area contributed by atoms with Crippen LogP contribution in [-0.4, -0.2) is 29.0 Å². The van der Waals surface area contributed by atoms with Crippen LogP contribution in [-0.2, 0) is 0 Å². The fourth-order valence-corrected chi connectivity index (χ4v) is 2.04. The third kappa shape index (κ3) is 4.47. The molecule has 0 saturated heterocycles. The number of amides is 1. The summed E-state index contributed by atoms with van der Waals surface area (Å²) in [6.07, 6.45) is 0. The van der Waals surface area contributed by atoms with Crippen molar-refractivity contribution in [3.63, 3.8) is 0 Å². The van der Waals surface area contributed by atoms with Crippen LogP contribution in [0.2, 0.25) is 10.2 Å². The fourth-order valence-electron chi connectivity index (χ4n) is 1.63. The van der Waals surface area contributed by atoms with E-state index in [4.69, 9.17) is 28.9 Å². The van der Waals surface area contributed by atoms with E-state index in [-0.39, 0.29) is 17.0 Å². The molecule has 0 fully saturated rings. The number of anilines is 2. The summed E-state index contributed by atoms with van der Waals surface area (Å²) in [5.41, 5.74) is 5.91. The molecule has 0 unspecified atom stereocenters. The molecule has 0 aliphatic rings. The maximum Gasteiger partial charge on any atom is 0.252 e. The quantitative estimate of drug-likeness (QED) is 0.579. The van der Waals surface area contributed by atoms with E-state index < -0.39 is 0 Å². The highest BCUT2D eigenvalue weighted by Gasteiger charge is 2.08. The molecule has 0 aliphatic carbocycles. The summed E-state index contributed by atoms with van der Waals surface area (Å²) < 4.78 is 0. The molecule has 4 N–H and O–H groups in total. The molecule has 110 valence electrons. The molecular formula is C13H13Cl2N5O. The van der Waals surface area contributed by atoms with E-state index in [9.17, 15) is 4.79 Å². The molecule has 2 aromatic rings. The molecule has 8 heteroatoms. The maximum atomic E-state index is 11.9. The van der Waals surface area contributed by atoms with Crippen LogP contribution in [0.4, 0.5) is 11.8 Å². The van der Waals surface area contributed by atoms with Crippen LogP contribution in [0.3, 0.4) is 0 Å². The molecule has 0 radical (unpaired) electrons. The number of rotatable bonds is 5. The van der Waals surface area contributed by atoms with Gasteiger partial charge in [0.2, 0.25) is 5.95 Å². The van der Waals surface area contributed by atoms with Crippen LogP contribution in [0.5, 0.6) is 0 Å². The van der Waals surface area contributed by atoms with Crippen LogP contribution >= 0.6 is 23.2 Å². The van der Waals surface area contributed by atoms with Crippen molar-refractivity contribution in [1.82, 2.24) is 15.3 Å². The van der Waals surface area contributed by atoms with Gasteiger partial charge in [0.25, 0.3) is 5.91 Å². The molecule has 0 spiro atoms. The lowest BCUT2D eigenvalue weighted by Crippen LogP contribution is -2.29. The zero-order valence-corrected chi connectivity index (χ0v) is 12.4. The SMILES string of the molecule is Nc1nc(Cl)cc(NCCNC(=O)c2ccccc2Cl)n1. The summed E-state index contributed by atoms with van der Waals surface area (Å²) in [5.74, 6) is 0.354. The number of nitrogens with one attached hydrogen (secondary N) is 2. The summed E-state index contributed by atoms with van der Waals surface area (Å²) in [4.78, 5) is 19.6. The van der Waals surface area contributed by atoms with Gasteiger partial charge in [0.15, 0.2) is 0 Å². The highest BCUT2D eigenvalue weighted by Crippen LogP contribution is 2.14. The van der Waals surface area contributed by atoms with Crippen molar-refractivity contribution >= 4 is 40.9 Å². The van der Waals surface area contributed by atoms with Crippen LogP contribution in [0.25, 0.3) is 0 Å². The van der Waals surface area contributed by atoms with Gasteiger partial charge < -0.3 is 16.4 Å². The van der Waals surface area contributed by atoms with Gasteiger partial charge in [-0.3, -0.25) is 4.79 Å². The summed E-state index contributed by atoms with van der Waals surface area (Å²) in [5, 5.41) is 6.40. The Bertz CT molecular complexity index is 630. The van der Waals surface area contributed by atoms with Gasteiger partial charge >= 0.3 is 0 Å². The summed E-state index contributed by atoms with van der Waals surface area (Å²) in [6, 6.07) is 8.40. The van der Waals surface area contributed by atoms with Gasteiger partial charge in [-0.1, -0.05) is 35.3 Å². The van der Waals surface area contributed by atoms with Gasteiger partial charge in [-0.2, -0.15) is 4.98 Å². The second kappa shape index (κ2) is 7.10. The molecule has 2 rings (SSSR count). The number of halogens is 2. The average molecular weight is 326 g/mol. The number of nitrogen functional groups attached to an aromatic ring is 1. The molecule has 6 nitrogen and oxygen atoms in total. The summed E-state index contributed by atoms with van der Waals surface area (Å²) >= 11 is 11.7. The molecule has 0 aliphatic heterocycles. The highest BCUT2D eigenvalue weighted by atomic mass is 35.5. The van der Waals surface area contributed by atoms with E-state index in [1.165, 1.54) is 0 Å². The number of carbonyl (C=O) groups is 1. The Morgan fingerprint density at radius 3 is 2.67 bits per heavy atom. The number of aromatic nitrogens is 2. The lowest BCUT2D eigenvalue weighted by Gasteiger charge is -2.08. The van der Waals surface area contributed by atoms with Gasteiger partial charge in [-0.05, 0) is 12.1 Å². The zero-order valence-electron chi connectivity index (χ0n) is 10.9. The Kier molecular flexibility index (Phi) is 5.19. The first-order valence-electron chi connectivity index (χ1n) is 6.13. The third-order valence-corrected chi connectivity index (χ3v) is 3.07. The van der Waals surface area contributed by atoms with E-state index in [1.54, 1.807) is 30.3 Å². The Morgan fingerprint density at radius 1 is 1.19 bits per heavy atom. The maximum absolute atomic E-state index is 11.9. The second-order valence-corrected chi connectivity index (χ2v) is 4.89. The minimum absolute atomic E-state index is 0.0881. The number of nitrogens with two attached hydrogens (primary N) is 1. The number of carbonyl (C=O) groups excluding carboxylic acids is 1. The summed E-state index contributed by atoms with van der Waals surface area (Å²) in [7, 11) is 0. The molecule has 1 aromatic carbocycles. The highest BCUT2D eigenvalue weighted by molar-refractivity contribution is 6.33. The lowest BCUT2D eigenvalue weighted by molar-refractivity contribution is 0.0955. The monoisotopic (exact) mass is 325 g/mol. The van der Waals surface area contributed by atoms with Gasteiger partial charge in [0.05, 0.1) is 10.6 Å². The van der Waals surface area contributed by atoms with Crippen LogP contribution in [0.15, 0.2) is 30.3 Å². The van der Waals surface area contributed by atoms with E-state index in [1.807, 2.05) is 0 Å². The number of nitrogens with zero attached hydrogens (tertiary/aromatic N) is 2. The first-order chi connectivity index (χ1) is 10.1. The molecule has 1 heterocycles. The first-order valence-corrected chi connectivity index (χ1v) is 6.88. The first kappa shape index (κ1) is 15.3. The van der Waals surface area contributed by atoms with Gasteiger partial charge in [0, 0.05) is 19.2 Å². The van der Waals surface area contributed by atoms with E-state index in [0.717, 1.165) is 0 Å². The van der Waals surface area contributed by atoms with E-state index in [2.05, 4.69) is 20.6 Å². The Labute approximate surface area is 131 Å². The molecule has 21 heavy (non-hydrogen) atoms. The third-order valence-electron chi connectivity index (χ3n) is 2.55. The average Bonchev–Trinajstić information content (AvgIpc) is 2.43. The van der Waals surface area contributed by atoms with Crippen molar-refractivity contribution < 1.29 is 4.79 Å². The topological polar surface area (TPSA) is 92.9 Å². The van der Waals surface area contributed by atoms with Gasteiger partial charge in [0.1, 0.15) is 11.0 Å². The standard InChI is InChI=1S/C13H13Cl2N5O/c14-9-4-2-1-3-8(9)12(21)18-6-5-17-11-7-10(15)19-13(16)20-11/h1-4,7H,5-6H2,(H,18,21)(H3,16,17,19,20). The van der Waals surface area contributed by atoms with Gasteiger partial charge in [-0.25, -0.2) is 4.98 Å². The van der Waals surface area contributed by atoms with Crippen molar-refractivity contribution in [3.8, 4) is 0 Å². The second-order valence-electron chi connectivity index (χ2n) is 4.10. The summed E-state index contributed by atoms with van der Waals surface area (Å²) in [6.45, 7) is 0.856. The van der Waals surface area contributed by atoms with E-state index >= 15 is 0 Å². The van der Waals surface area contributed by atoms with E-state index in [0.29, 0.717) is 29.5 Å². The molecular weight excluding hydrogens is 313 g/mol. The normalized spacial score (nSPS) is 10.2. The minimum atomic E-state index is -0.234. The smallest absolute Gasteiger partial charge is 0.252 e. The zero-order chi connectivity index (χ0) is 15.2. The molecule has 1 amide bonds. The van der Waals surface area contributed by atoms with Crippen molar-refractivity contribution in [2.45, 2.75) is 0 Å². The number of hydrogen-bond acceptors (Lipinski definition) is 5. The number of benzene rings is 1. The van der Waals surface area contributed by atoms with Crippen molar-refractivity contribution in [2.24, 2.45) is 0 Å². The molecule has 0 bridgehead atoms. The Morgan fingerprint density at radius 2 is 1.95 bits per heavy atom. The lowest BCUT2D eigenvalue weighted by atomic mass is 10.2. The predicted molar refractivity (Wildman–Crippen MR) is 83.7 cm³/mol. The largest absolute Gasteiger partial charge is 0.368 e. The molecule has 0 saturated carbocycles. The number of hydrogen-bond donors (Lipinski definition) is 3. The van der Waals surface area contributed by atoms with Crippen molar-refractivity contribution in [3.05, 3.63) is 46.1 Å². The van der Waals surface area contributed by atoms with Gasteiger partial charge in [-0.15, -0.1) is 0 Å². The Balaban J connectivity index is 1.82. The Hall–Kier alpha value is -2.05. The van der Waals surface area contributed by atoms with Crippen molar-refractivity contribution in [1.29, 1.82) is 0 Å². The predicted octanol–water partition coefficient (Wildman–Crippen LogP) is 2.21. The fraction of sp³-hybridized carbons (Fsp3) is 0.154. The minimum Gasteiger partial charge on any atom is -0.368 e. The molecule has 0 atom stereocenters. The van der Waals surface area contributed by atoms with Crippen LogP contribution in [0, 0.1) is 0 Å².